The molecule has 2 aromatic carbocycles. The Morgan fingerprint density at radius 3 is 2.23 bits per heavy atom. The molecule has 1 aliphatic heterocycles. The molecule has 22 heavy (non-hydrogen) atoms. The van der Waals surface area contributed by atoms with Crippen LogP contribution in [0, 0.1) is 0 Å². The van der Waals surface area contributed by atoms with Gasteiger partial charge in [0.2, 0.25) is 5.78 Å². The number of hydrogen-bond donors (Lipinski definition) is 0. The minimum absolute atomic E-state index is 0.117. The second-order valence-electron chi connectivity index (χ2n) is 5.66. The standard InChI is InChI=1S/C19H14O3/c20-17-10-11-19(22-17)12-16(13-6-2-1-3-7-13)14-8-4-5-9-15(14)18(19)21/h1-9,12H,10-11H2/t19-/m1/s1. The Balaban J connectivity index is 1.96. The second kappa shape index (κ2) is 4.67. The Labute approximate surface area is 128 Å². The first-order valence-electron chi connectivity index (χ1n) is 7.34. The minimum atomic E-state index is -1.13. The maximum atomic E-state index is 12.8. The third-order valence-corrected chi connectivity index (χ3v) is 4.30. The van der Waals surface area contributed by atoms with Crippen LogP contribution in [0.5, 0.6) is 0 Å². The van der Waals surface area contributed by atoms with Gasteiger partial charge in [-0.3, -0.25) is 9.59 Å². The van der Waals surface area contributed by atoms with E-state index >= 15 is 0 Å². The SMILES string of the molecule is O=C1CC[C@]2(C=C(c3ccccc3)c3ccccc3C2=O)O1. The van der Waals surface area contributed by atoms with Crippen molar-refractivity contribution in [1.82, 2.24) is 0 Å². The van der Waals surface area contributed by atoms with E-state index in [1.54, 1.807) is 0 Å². The van der Waals surface area contributed by atoms with Gasteiger partial charge in [0.15, 0.2) is 5.60 Å². The third-order valence-electron chi connectivity index (χ3n) is 4.30. The van der Waals surface area contributed by atoms with Gasteiger partial charge in [-0.1, -0.05) is 54.6 Å². The fourth-order valence-electron chi connectivity index (χ4n) is 3.23. The van der Waals surface area contributed by atoms with Crippen molar-refractivity contribution in [3.8, 4) is 0 Å². The smallest absolute Gasteiger partial charge is 0.307 e. The van der Waals surface area contributed by atoms with Crippen LogP contribution in [0.1, 0.15) is 34.3 Å². The number of ketones is 1. The lowest BCUT2D eigenvalue weighted by molar-refractivity contribution is -0.143. The molecule has 0 unspecified atom stereocenters. The van der Waals surface area contributed by atoms with E-state index in [4.69, 9.17) is 4.74 Å². The number of esters is 1. The average molecular weight is 290 g/mol. The summed E-state index contributed by atoms with van der Waals surface area (Å²) in [5, 5.41) is 0. The molecule has 0 N–H and O–H groups in total. The van der Waals surface area contributed by atoms with E-state index < -0.39 is 5.60 Å². The van der Waals surface area contributed by atoms with E-state index in [0.717, 1.165) is 16.7 Å². The molecule has 1 atom stereocenters. The number of benzene rings is 2. The van der Waals surface area contributed by atoms with Crippen molar-refractivity contribution in [2.24, 2.45) is 0 Å². The number of ether oxygens (including phenoxy) is 1. The van der Waals surface area contributed by atoms with Crippen molar-refractivity contribution >= 4 is 17.3 Å². The molecular weight excluding hydrogens is 276 g/mol. The van der Waals surface area contributed by atoms with E-state index in [0.29, 0.717) is 12.0 Å². The zero-order valence-corrected chi connectivity index (χ0v) is 11.9. The summed E-state index contributed by atoms with van der Waals surface area (Å²) < 4.78 is 5.45. The molecule has 0 saturated carbocycles. The predicted octanol–water partition coefficient (Wildman–Crippen LogP) is 3.39. The first-order valence-corrected chi connectivity index (χ1v) is 7.34. The van der Waals surface area contributed by atoms with Crippen molar-refractivity contribution in [2.75, 3.05) is 0 Å². The predicted molar refractivity (Wildman–Crippen MR) is 82.4 cm³/mol. The van der Waals surface area contributed by atoms with Gasteiger partial charge < -0.3 is 4.74 Å². The van der Waals surface area contributed by atoms with Crippen LogP contribution in [-0.2, 0) is 9.53 Å². The summed E-state index contributed by atoms with van der Waals surface area (Å²) in [4.78, 5) is 24.5. The summed E-state index contributed by atoms with van der Waals surface area (Å²) in [5.74, 6) is -0.426. The monoisotopic (exact) mass is 290 g/mol. The van der Waals surface area contributed by atoms with Crippen LogP contribution in [0.4, 0.5) is 0 Å². The van der Waals surface area contributed by atoms with Crippen LogP contribution in [0.15, 0.2) is 60.7 Å². The topological polar surface area (TPSA) is 43.4 Å². The van der Waals surface area contributed by atoms with Crippen LogP contribution in [0.2, 0.25) is 0 Å². The van der Waals surface area contributed by atoms with Crippen LogP contribution < -0.4 is 0 Å². The number of carbonyl (C=O) groups excluding carboxylic acids is 2. The first-order chi connectivity index (χ1) is 10.7. The van der Waals surface area contributed by atoms with Gasteiger partial charge in [-0.15, -0.1) is 0 Å². The number of carbonyl (C=O) groups is 2. The van der Waals surface area contributed by atoms with E-state index in [9.17, 15) is 9.59 Å². The summed E-state index contributed by atoms with van der Waals surface area (Å²) in [7, 11) is 0. The van der Waals surface area contributed by atoms with Gasteiger partial charge in [0, 0.05) is 12.0 Å². The van der Waals surface area contributed by atoms with Crippen molar-refractivity contribution in [3.05, 3.63) is 77.4 Å². The Bertz CT molecular complexity index is 804. The van der Waals surface area contributed by atoms with Gasteiger partial charge in [0.1, 0.15) is 0 Å². The highest BCUT2D eigenvalue weighted by atomic mass is 16.6. The number of hydrogen-bond acceptors (Lipinski definition) is 3. The molecule has 108 valence electrons. The molecule has 0 bridgehead atoms. The molecule has 0 amide bonds. The van der Waals surface area contributed by atoms with Crippen LogP contribution in [-0.4, -0.2) is 17.4 Å². The zero-order chi connectivity index (χ0) is 15.2. The summed E-state index contributed by atoms with van der Waals surface area (Å²) in [5.41, 5.74) is 2.36. The Morgan fingerprint density at radius 1 is 0.864 bits per heavy atom. The van der Waals surface area contributed by atoms with Crippen LogP contribution >= 0.6 is 0 Å². The van der Waals surface area contributed by atoms with Gasteiger partial charge in [-0.2, -0.15) is 0 Å². The normalized spacial score (nSPS) is 23.2. The van der Waals surface area contributed by atoms with Crippen molar-refractivity contribution < 1.29 is 14.3 Å². The lowest BCUT2D eigenvalue weighted by Crippen LogP contribution is -2.39. The third kappa shape index (κ3) is 1.82. The molecule has 0 radical (unpaired) electrons. The maximum Gasteiger partial charge on any atom is 0.307 e. The van der Waals surface area contributed by atoms with Crippen molar-refractivity contribution in [3.63, 3.8) is 0 Å². The number of rotatable bonds is 1. The maximum absolute atomic E-state index is 12.8. The first kappa shape index (κ1) is 13.0. The van der Waals surface area contributed by atoms with Gasteiger partial charge >= 0.3 is 5.97 Å². The van der Waals surface area contributed by atoms with Crippen LogP contribution in [0.3, 0.4) is 0 Å². The Kier molecular flexibility index (Phi) is 2.76. The average Bonchev–Trinajstić information content (AvgIpc) is 2.94. The highest BCUT2D eigenvalue weighted by Crippen LogP contribution is 2.42. The van der Waals surface area contributed by atoms with Crippen LogP contribution in [0.25, 0.3) is 5.57 Å². The van der Waals surface area contributed by atoms with E-state index in [1.165, 1.54) is 0 Å². The van der Waals surface area contributed by atoms with Gasteiger partial charge in [-0.05, 0) is 22.8 Å². The summed E-state index contributed by atoms with van der Waals surface area (Å²) >= 11 is 0. The van der Waals surface area contributed by atoms with Gasteiger partial charge in [0.05, 0.1) is 6.42 Å². The number of fused-ring (bicyclic) bond motifs is 1. The fraction of sp³-hybridized carbons (Fsp3) is 0.158. The molecule has 1 heterocycles. The second-order valence-corrected chi connectivity index (χ2v) is 5.66. The van der Waals surface area contributed by atoms with E-state index in [1.807, 2.05) is 60.7 Å². The largest absolute Gasteiger partial charge is 0.446 e. The highest BCUT2D eigenvalue weighted by Gasteiger charge is 2.48. The zero-order valence-electron chi connectivity index (χ0n) is 11.9. The Morgan fingerprint density at radius 2 is 1.55 bits per heavy atom. The Hall–Kier alpha value is -2.68. The summed E-state index contributed by atoms with van der Waals surface area (Å²) in [6, 6.07) is 17.4. The molecule has 1 aliphatic carbocycles. The number of Topliss-reactive ketones (excluding diaryl/α,β-unsaturated/α-hetero) is 1. The molecule has 3 nitrogen and oxygen atoms in total. The quantitative estimate of drug-likeness (QED) is 0.756. The fourth-order valence-corrected chi connectivity index (χ4v) is 3.23. The molecule has 1 spiro atoms. The molecule has 4 rings (SSSR count). The summed E-state index contributed by atoms with van der Waals surface area (Å²) in [6.07, 6.45) is 2.53. The summed E-state index contributed by atoms with van der Waals surface area (Å²) in [6.45, 7) is 0. The van der Waals surface area contributed by atoms with E-state index in [-0.39, 0.29) is 18.2 Å². The molecule has 0 aromatic heterocycles. The molecule has 2 aromatic rings. The molecule has 1 saturated heterocycles. The lowest BCUT2D eigenvalue weighted by Gasteiger charge is -2.30. The molecular formula is C19H14O3. The molecule has 2 aliphatic rings. The van der Waals surface area contributed by atoms with Gasteiger partial charge in [-0.25, -0.2) is 0 Å². The molecule has 3 heteroatoms. The lowest BCUT2D eigenvalue weighted by atomic mass is 9.77. The highest BCUT2D eigenvalue weighted by molar-refractivity contribution is 6.13. The van der Waals surface area contributed by atoms with Gasteiger partial charge in [0.25, 0.3) is 0 Å². The van der Waals surface area contributed by atoms with Crippen molar-refractivity contribution in [2.45, 2.75) is 18.4 Å². The minimum Gasteiger partial charge on any atom is -0.446 e. The van der Waals surface area contributed by atoms with E-state index in [2.05, 4.69) is 0 Å². The molecule has 1 fully saturated rings. The van der Waals surface area contributed by atoms with Crippen molar-refractivity contribution in [1.29, 1.82) is 0 Å².